The van der Waals surface area contributed by atoms with E-state index < -0.39 is 0 Å². The molecule has 0 saturated carbocycles. The summed E-state index contributed by atoms with van der Waals surface area (Å²) in [5.41, 5.74) is 3.14. The molecule has 22 heavy (non-hydrogen) atoms. The lowest BCUT2D eigenvalue weighted by Crippen LogP contribution is -1.99. The number of nitrogens with zero attached hydrogens (tertiary/aromatic N) is 5. The highest BCUT2D eigenvalue weighted by atomic mass is 15.4. The Balaban J connectivity index is 1.57. The Morgan fingerprint density at radius 2 is 1.91 bits per heavy atom. The molecule has 0 saturated heterocycles. The fourth-order valence-electron chi connectivity index (χ4n) is 2.71. The normalized spacial score (nSPS) is 11.3. The van der Waals surface area contributed by atoms with Gasteiger partial charge in [-0.15, -0.1) is 5.10 Å². The van der Waals surface area contributed by atoms with Gasteiger partial charge >= 0.3 is 0 Å². The molecule has 0 amide bonds. The van der Waals surface area contributed by atoms with Crippen molar-refractivity contribution in [3.8, 4) is 0 Å². The van der Waals surface area contributed by atoms with E-state index in [9.17, 15) is 0 Å². The van der Waals surface area contributed by atoms with Gasteiger partial charge in [-0.25, -0.2) is 4.98 Å². The molecule has 1 aromatic carbocycles. The van der Waals surface area contributed by atoms with Gasteiger partial charge in [-0.1, -0.05) is 50.0 Å². The molecule has 116 valence electrons. The molecule has 0 N–H and O–H groups in total. The lowest BCUT2D eigenvalue weighted by Gasteiger charge is -2.01. The second-order valence-electron chi connectivity index (χ2n) is 5.75. The van der Waals surface area contributed by atoms with Crippen LogP contribution in [0.3, 0.4) is 0 Å². The first kappa shape index (κ1) is 14.8. The van der Waals surface area contributed by atoms with Gasteiger partial charge in [0.05, 0.1) is 30.1 Å². The zero-order valence-electron chi connectivity index (χ0n) is 13.1. The number of unbranched alkanes of at least 4 members (excludes halogenated alkanes) is 4. The van der Waals surface area contributed by atoms with Crippen LogP contribution < -0.4 is 0 Å². The van der Waals surface area contributed by atoms with Crippen LogP contribution in [0.5, 0.6) is 0 Å². The highest BCUT2D eigenvalue weighted by Gasteiger charge is 2.05. The van der Waals surface area contributed by atoms with Crippen LogP contribution in [0.4, 0.5) is 0 Å². The molecule has 0 radical (unpaired) electrons. The summed E-state index contributed by atoms with van der Waals surface area (Å²) in [5, 5.41) is 8.50. The molecular weight excluding hydrogens is 274 g/mol. The molecule has 5 heteroatoms. The first-order valence-corrected chi connectivity index (χ1v) is 8.15. The van der Waals surface area contributed by atoms with E-state index in [0.717, 1.165) is 29.8 Å². The van der Waals surface area contributed by atoms with Gasteiger partial charge in [0.25, 0.3) is 0 Å². The smallest absolute Gasteiger partial charge is 0.102 e. The van der Waals surface area contributed by atoms with Crippen LogP contribution >= 0.6 is 0 Å². The van der Waals surface area contributed by atoms with Crippen LogP contribution in [0.25, 0.3) is 11.0 Å². The number of benzene rings is 1. The molecule has 0 aliphatic heterocycles. The summed E-state index contributed by atoms with van der Waals surface area (Å²) in [6.45, 7) is 3.92. The maximum atomic E-state index is 4.41. The molecular formula is C17H23N5. The molecule has 2 heterocycles. The van der Waals surface area contributed by atoms with E-state index in [0.29, 0.717) is 0 Å². The van der Waals surface area contributed by atoms with E-state index in [-0.39, 0.29) is 0 Å². The van der Waals surface area contributed by atoms with Crippen molar-refractivity contribution < 1.29 is 0 Å². The van der Waals surface area contributed by atoms with Crippen molar-refractivity contribution in [2.45, 2.75) is 52.1 Å². The van der Waals surface area contributed by atoms with E-state index in [1.165, 1.54) is 32.1 Å². The van der Waals surface area contributed by atoms with Crippen molar-refractivity contribution in [1.29, 1.82) is 0 Å². The minimum Gasteiger partial charge on any atom is -0.324 e. The zero-order valence-corrected chi connectivity index (χ0v) is 13.1. The summed E-state index contributed by atoms with van der Waals surface area (Å²) >= 11 is 0. The van der Waals surface area contributed by atoms with Crippen LogP contribution in [0.15, 0.2) is 36.8 Å². The van der Waals surface area contributed by atoms with Gasteiger partial charge in [-0.2, -0.15) is 0 Å². The Hall–Kier alpha value is -2.17. The third-order valence-electron chi connectivity index (χ3n) is 3.94. The Morgan fingerprint density at radius 3 is 2.82 bits per heavy atom. The predicted molar refractivity (Wildman–Crippen MR) is 87.6 cm³/mol. The highest BCUT2D eigenvalue weighted by Crippen LogP contribution is 2.13. The number of rotatable bonds is 8. The third kappa shape index (κ3) is 3.53. The molecule has 3 aromatic rings. The molecule has 0 aliphatic rings. The lowest BCUT2D eigenvalue weighted by atomic mass is 10.1. The first-order chi connectivity index (χ1) is 10.9. The Kier molecular flexibility index (Phi) is 4.83. The van der Waals surface area contributed by atoms with Crippen LogP contribution in [0.1, 0.15) is 44.7 Å². The van der Waals surface area contributed by atoms with Crippen molar-refractivity contribution in [1.82, 2.24) is 24.5 Å². The molecule has 0 bridgehead atoms. The first-order valence-electron chi connectivity index (χ1n) is 8.15. The van der Waals surface area contributed by atoms with Gasteiger partial charge in [-0.3, -0.25) is 4.68 Å². The average molecular weight is 297 g/mol. The second-order valence-corrected chi connectivity index (χ2v) is 5.75. The molecule has 0 unspecified atom stereocenters. The molecule has 3 rings (SSSR count). The predicted octanol–water partition coefficient (Wildman–Crippen LogP) is 3.65. The maximum Gasteiger partial charge on any atom is 0.102 e. The molecule has 5 nitrogen and oxygen atoms in total. The fraction of sp³-hybridized carbons (Fsp3) is 0.471. The number of aromatic nitrogens is 5. The van der Waals surface area contributed by atoms with Gasteiger partial charge in [-0.05, 0) is 18.6 Å². The van der Waals surface area contributed by atoms with Gasteiger partial charge < -0.3 is 4.57 Å². The van der Waals surface area contributed by atoms with Gasteiger partial charge in [0.1, 0.15) is 5.69 Å². The van der Waals surface area contributed by atoms with Crippen LogP contribution in [0, 0.1) is 0 Å². The van der Waals surface area contributed by atoms with Gasteiger partial charge in [0.2, 0.25) is 0 Å². The Morgan fingerprint density at radius 1 is 1.05 bits per heavy atom. The number of imidazole rings is 1. The van der Waals surface area contributed by atoms with E-state index in [1.807, 2.05) is 29.2 Å². The summed E-state index contributed by atoms with van der Waals surface area (Å²) in [6.07, 6.45) is 10.3. The number of aryl methyl sites for hydroxylation is 1. The van der Waals surface area contributed by atoms with Crippen LogP contribution in [-0.4, -0.2) is 24.5 Å². The summed E-state index contributed by atoms with van der Waals surface area (Å²) in [5.74, 6) is 0. The van der Waals surface area contributed by atoms with Crippen molar-refractivity contribution in [2.75, 3.05) is 0 Å². The topological polar surface area (TPSA) is 48.5 Å². The largest absolute Gasteiger partial charge is 0.324 e. The number of para-hydroxylation sites is 2. The monoisotopic (exact) mass is 297 g/mol. The Bertz CT molecular complexity index is 712. The number of hydrogen-bond acceptors (Lipinski definition) is 3. The van der Waals surface area contributed by atoms with E-state index in [1.54, 1.807) is 0 Å². The molecule has 2 aromatic heterocycles. The van der Waals surface area contributed by atoms with E-state index >= 15 is 0 Å². The van der Waals surface area contributed by atoms with E-state index in [2.05, 4.69) is 39.1 Å². The highest BCUT2D eigenvalue weighted by molar-refractivity contribution is 5.74. The molecule has 0 atom stereocenters. The van der Waals surface area contributed by atoms with Crippen molar-refractivity contribution in [2.24, 2.45) is 0 Å². The summed E-state index contributed by atoms with van der Waals surface area (Å²) in [4.78, 5) is 4.41. The zero-order chi connectivity index (χ0) is 15.2. The summed E-state index contributed by atoms with van der Waals surface area (Å²) in [6, 6.07) is 8.15. The number of fused-ring (bicyclic) bond motifs is 1. The summed E-state index contributed by atoms with van der Waals surface area (Å²) < 4.78 is 4.07. The standard InChI is InChI=1S/C17H23N5/c1-2-3-4-5-8-11-22-13-15(19-20-22)12-21-14-18-16-9-6-7-10-17(16)21/h6-7,9-10,13-14H,2-5,8,11-12H2,1H3. The molecule has 0 fully saturated rings. The fourth-order valence-corrected chi connectivity index (χ4v) is 2.71. The maximum absolute atomic E-state index is 4.41. The van der Waals surface area contributed by atoms with Crippen LogP contribution in [-0.2, 0) is 13.1 Å². The minimum atomic E-state index is 0.719. The van der Waals surface area contributed by atoms with Crippen molar-refractivity contribution in [3.05, 3.63) is 42.5 Å². The minimum absolute atomic E-state index is 0.719. The molecule has 0 aliphatic carbocycles. The quantitative estimate of drug-likeness (QED) is 0.596. The van der Waals surface area contributed by atoms with Crippen LogP contribution in [0.2, 0.25) is 0 Å². The second kappa shape index (κ2) is 7.20. The average Bonchev–Trinajstić information content (AvgIpc) is 3.15. The number of hydrogen-bond donors (Lipinski definition) is 0. The van der Waals surface area contributed by atoms with Gasteiger partial charge in [0.15, 0.2) is 0 Å². The van der Waals surface area contributed by atoms with E-state index in [4.69, 9.17) is 0 Å². The third-order valence-corrected chi connectivity index (χ3v) is 3.94. The molecule has 0 spiro atoms. The SMILES string of the molecule is CCCCCCCn1cc(Cn2cnc3ccccc32)nn1. The Labute approximate surface area is 131 Å². The summed E-state index contributed by atoms with van der Waals surface area (Å²) in [7, 11) is 0. The lowest BCUT2D eigenvalue weighted by molar-refractivity contribution is 0.521. The van der Waals surface area contributed by atoms with Gasteiger partial charge in [0, 0.05) is 6.54 Å². The van der Waals surface area contributed by atoms with Crippen molar-refractivity contribution in [3.63, 3.8) is 0 Å². The van der Waals surface area contributed by atoms with Crippen molar-refractivity contribution >= 4 is 11.0 Å².